The lowest BCUT2D eigenvalue weighted by atomic mass is 10.0. The molecule has 0 saturated carbocycles. The van der Waals surface area contributed by atoms with Gasteiger partial charge in [-0.2, -0.15) is 0 Å². The summed E-state index contributed by atoms with van der Waals surface area (Å²) in [4.78, 5) is 4.57. The molecule has 2 heterocycles. The van der Waals surface area contributed by atoms with Crippen LogP contribution >= 0.6 is 11.3 Å². The molecule has 2 aromatic heterocycles. The number of nitrogens with zero attached hydrogens (tertiary/aromatic N) is 2. The van der Waals surface area contributed by atoms with Gasteiger partial charge in [0.15, 0.2) is 0 Å². The van der Waals surface area contributed by atoms with Gasteiger partial charge in [0, 0.05) is 23.3 Å². The number of rotatable bonds is 5. The molecular weight excluding hydrogens is 278 g/mol. The summed E-state index contributed by atoms with van der Waals surface area (Å²) in [5, 5.41) is 4.54. The Hall–Kier alpha value is -1.65. The molecule has 0 amide bonds. The van der Waals surface area contributed by atoms with E-state index in [1.54, 1.807) is 11.3 Å². The van der Waals surface area contributed by atoms with E-state index in [2.05, 4.69) is 52.3 Å². The van der Waals surface area contributed by atoms with Gasteiger partial charge in [-0.15, -0.1) is 11.3 Å². The van der Waals surface area contributed by atoms with Crippen LogP contribution in [0.25, 0.3) is 10.9 Å². The minimum atomic E-state index is 0.223. The molecule has 110 valence electrons. The third-order valence-corrected chi connectivity index (χ3v) is 4.80. The van der Waals surface area contributed by atoms with Gasteiger partial charge in [-0.05, 0) is 36.8 Å². The maximum atomic E-state index is 6.15. The number of aryl methyl sites for hydroxylation is 1. The summed E-state index contributed by atoms with van der Waals surface area (Å²) in [6.45, 7) is 5.02. The fourth-order valence-corrected chi connectivity index (χ4v) is 3.45. The van der Waals surface area contributed by atoms with Crippen LogP contribution in [0.3, 0.4) is 0 Å². The molecule has 0 aliphatic heterocycles. The SMILES string of the molecule is CCC(N)Cc1cccc2ccn(Cc3nc(C)cs3)c12. The maximum absolute atomic E-state index is 6.15. The third-order valence-electron chi connectivity index (χ3n) is 3.85. The lowest BCUT2D eigenvalue weighted by molar-refractivity contribution is 0.646. The number of thiazole rings is 1. The van der Waals surface area contributed by atoms with Crippen LogP contribution in [0, 0.1) is 6.92 Å². The Balaban J connectivity index is 1.98. The number of benzene rings is 1. The standard InChI is InChI=1S/C17H21N3S/c1-3-15(18)9-14-6-4-5-13-7-8-20(17(13)14)10-16-19-12(2)11-21-16/h4-8,11,15H,3,9-10,18H2,1-2H3. The summed E-state index contributed by atoms with van der Waals surface area (Å²) >= 11 is 1.72. The van der Waals surface area contributed by atoms with E-state index in [0.717, 1.165) is 30.1 Å². The summed E-state index contributed by atoms with van der Waals surface area (Å²) in [5.41, 5.74) is 9.88. The van der Waals surface area contributed by atoms with Gasteiger partial charge >= 0.3 is 0 Å². The van der Waals surface area contributed by atoms with Crippen molar-refractivity contribution >= 4 is 22.2 Å². The highest BCUT2D eigenvalue weighted by molar-refractivity contribution is 7.09. The van der Waals surface area contributed by atoms with Crippen LogP contribution in [-0.4, -0.2) is 15.6 Å². The van der Waals surface area contributed by atoms with Crippen LogP contribution in [0.15, 0.2) is 35.8 Å². The van der Waals surface area contributed by atoms with E-state index in [-0.39, 0.29) is 6.04 Å². The molecule has 2 N–H and O–H groups in total. The second-order valence-corrected chi connectivity index (χ2v) is 6.50. The first-order chi connectivity index (χ1) is 10.2. The Morgan fingerprint density at radius 2 is 2.19 bits per heavy atom. The first-order valence-corrected chi connectivity index (χ1v) is 8.28. The Kier molecular flexibility index (Phi) is 4.08. The molecule has 3 nitrogen and oxygen atoms in total. The summed E-state index contributed by atoms with van der Waals surface area (Å²) < 4.78 is 2.30. The van der Waals surface area contributed by atoms with E-state index < -0.39 is 0 Å². The van der Waals surface area contributed by atoms with E-state index in [4.69, 9.17) is 5.73 Å². The predicted octanol–water partition coefficient (Wildman–Crippen LogP) is 3.73. The van der Waals surface area contributed by atoms with Crippen molar-refractivity contribution in [2.24, 2.45) is 5.73 Å². The van der Waals surface area contributed by atoms with E-state index in [0.29, 0.717) is 0 Å². The number of aromatic nitrogens is 2. The predicted molar refractivity (Wildman–Crippen MR) is 89.9 cm³/mol. The highest BCUT2D eigenvalue weighted by Crippen LogP contribution is 2.23. The maximum Gasteiger partial charge on any atom is 0.113 e. The van der Waals surface area contributed by atoms with E-state index in [1.807, 2.05) is 6.92 Å². The van der Waals surface area contributed by atoms with Crippen molar-refractivity contribution in [3.05, 3.63) is 52.1 Å². The topological polar surface area (TPSA) is 43.8 Å². The van der Waals surface area contributed by atoms with E-state index >= 15 is 0 Å². The molecule has 1 atom stereocenters. The minimum absolute atomic E-state index is 0.223. The molecule has 0 aliphatic carbocycles. The Morgan fingerprint density at radius 3 is 2.90 bits per heavy atom. The molecule has 3 aromatic rings. The van der Waals surface area contributed by atoms with Gasteiger partial charge in [-0.3, -0.25) is 0 Å². The molecule has 4 heteroatoms. The summed E-state index contributed by atoms with van der Waals surface area (Å²) in [7, 11) is 0. The zero-order valence-corrected chi connectivity index (χ0v) is 13.4. The molecule has 3 rings (SSSR count). The fourth-order valence-electron chi connectivity index (χ4n) is 2.69. The van der Waals surface area contributed by atoms with Crippen molar-refractivity contribution in [2.45, 2.75) is 39.3 Å². The second-order valence-electron chi connectivity index (χ2n) is 5.55. The summed E-state index contributed by atoms with van der Waals surface area (Å²) in [5.74, 6) is 0. The van der Waals surface area contributed by atoms with Gasteiger partial charge in [0.25, 0.3) is 0 Å². The van der Waals surface area contributed by atoms with Crippen LogP contribution in [0.1, 0.15) is 29.6 Å². The summed E-state index contributed by atoms with van der Waals surface area (Å²) in [6.07, 6.45) is 4.08. The Labute approximate surface area is 129 Å². The Bertz CT molecular complexity index is 741. The number of fused-ring (bicyclic) bond motifs is 1. The lowest BCUT2D eigenvalue weighted by Crippen LogP contribution is -2.21. The molecule has 1 aromatic carbocycles. The van der Waals surface area contributed by atoms with Crippen LogP contribution < -0.4 is 5.73 Å². The molecule has 0 fully saturated rings. The molecule has 0 radical (unpaired) electrons. The smallest absolute Gasteiger partial charge is 0.113 e. The average molecular weight is 299 g/mol. The van der Waals surface area contributed by atoms with Crippen molar-refractivity contribution in [3.63, 3.8) is 0 Å². The van der Waals surface area contributed by atoms with Gasteiger partial charge in [0.1, 0.15) is 5.01 Å². The van der Waals surface area contributed by atoms with Gasteiger partial charge in [-0.1, -0.05) is 25.1 Å². The number of hydrogen-bond acceptors (Lipinski definition) is 3. The average Bonchev–Trinajstić information content (AvgIpc) is 3.07. The van der Waals surface area contributed by atoms with Crippen molar-refractivity contribution in [1.29, 1.82) is 0 Å². The number of nitrogens with two attached hydrogens (primary N) is 1. The van der Waals surface area contributed by atoms with Gasteiger partial charge < -0.3 is 10.3 Å². The molecule has 0 aliphatic rings. The normalized spacial score (nSPS) is 12.9. The Morgan fingerprint density at radius 1 is 1.33 bits per heavy atom. The molecular formula is C17H21N3S. The number of hydrogen-bond donors (Lipinski definition) is 1. The van der Waals surface area contributed by atoms with Crippen LogP contribution in [0.5, 0.6) is 0 Å². The highest BCUT2D eigenvalue weighted by atomic mass is 32.1. The van der Waals surface area contributed by atoms with Gasteiger partial charge in [0.05, 0.1) is 12.1 Å². The van der Waals surface area contributed by atoms with Gasteiger partial charge in [-0.25, -0.2) is 4.98 Å². The van der Waals surface area contributed by atoms with Crippen molar-refractivity contribution < 1.29 is 0 Å². The van der Waals surface area contributed by atoms with Crippen LogP contribution in [0.2, 0.25) is 0 Å². The third kappa shape index (κ3) is 3.01. The molecule has 0 bridgehead atoms. The first kappa shape index (κ1) is 14.3. The van der Waals surface area contributed by atoms with Gasteiger partial charge in [0.2, 0.25) is 0 Å². The van der Waals surface area contributed by atoms with E-state index in [1.165, 1.54) is 16.5 Å². The van der Waals surface area contributed by atoms with Crippen LogP contribution in [0.4, 0.5) is 0 Å². The fraction of sp³-hybridized carbons (Fsp3) is 0.353. The molecule has 0 spiro atoms. The van der Waals surface area contributed by atoms with Crippen molar-refractivity contribution in [1.82, 2.24) is 9.55 Å². The zero-order valence-electron chi connectivity index (χ0n) is 12.5. The molecule has 0 saturated heterocycles. The first-order valence-electron chi connectivity index (χ1n) is 7.40. The zero-order chi connectivity index (χ0) is 14.8. The quantitative estimate of drug-likeness (QED) is 0.780. The number of para-hydroxylation sites is 1. The molecule has 21 heavy (non-hydrogen) atoms. The van der Waals surface area contributed by atoms with Crippen molar-refractivity contribution in [2.75, 3.05) is 0 Å². The highest BCUT2D eigenvalue weighted by Gasteiger charge is 2.10. The van der Waals surface area contributed by atoms with E-state index in [9.17, 15) is 0 Å². The minimum Gasteiger partial charge on any atom is -0.340 e. The monoisotopic (exact) mass is 299 g/mol. The molecule has 1 unspecified atom stereocenters. The second kappa shape index (κ2) is 6.00. The van der Waals surface area contributed by atoms with Crippen molar-refractivity contribution in [3.8, 4) is 0 Å². The largest absolute Gasteiger partial charge is 0.340 e. The summed E-state index contributed by atoms with van der Waals surface area (Å²) in [6, 6.07) is 8.89. The lowest BCUT2D eigenvalue weighted by Gasteiger charge is -2.12. The van der Waals surface area contributed by atoms with Crippen LogP contribution in [-0.2, 0) is 13.0 Å².